The first-order valence-corrected chi connectivity index (χ1v) is 6.75. The Bertz CT molecular complexity index is 592. The summed E-state index contributed by atoms with van der Waals surface area (Å²) in [6, 6.07) is 12.5. The van der Waals surface area contributed by atoms with E-state index in [1.807, 2.05) is 31.2 Å². The summed E-state index contributed by atoms with van der Waals surface area (Å²) in [6.45, 7) is 1.82. The van der Waals surface area contributed by atoms with Gasteiger partial charge in [0.15, 0.2) is 12.4 Å². The van der Waals surface area contributed by atoms with Gasteiger partial charge in [0.05, 0.1) is 10.0 Å². The van der Waals surface area contributed by atoms with Gasteiger partial charge < -0.3 is 10.1 Å². The standard InChI is InChI=1S/C15H13Cl2NO2/c1-10-5-7-11(8-6-10)18-14(19)9-20-15-12(16)3-2-4-13(15)17/h2-8H,9H2,1H3,(H,18,19). The highest BCUT2D eigenvalue weighted by Gasteiger charge is 2.09. The monoisotopic (exact) mass is 309 g/mol. The van der Waals surface area contributed by atoms with Gasteiger partial charge in [0.1, 0.15) is 0 Å². The minimum Gasteiger partial charge on any atom is -0.481 e. The van der Waals surface area contributed by atoms with E-state index >= 15 is 0 Å². The number of carbonyl (C=O) groups excluding carboxylic acids is 1. The lowest BCUT2D eigenvalue weighted by Crippen LogP contribution is -2.20. The summed E-state index contributed by atoms with van der Waals surface area (Å²) >= 11 is 11.9. The first-order valence-electron chi connectivity index (χ1n) is 5.99. The largest absolute Gasteiger partial charge is 0.481 e. The Labute approximate surface area is 127 Å². The second kappa shape index (κ2) is 6.64. The van der Waals surface area contributed by atoms with Gasteiger partial charge in [-0.15, -0.1) is 0 Å². The van der Waals surface area contributed by atoms with E-state index in [4.69, 9.17) is 27.9 Å². The van der Waals surface area contributed by atoms with Crippen molar-refractivity contribution < 1.29 is 9.53 Å². The van der Waals surface area contributed by atoms with Crippen molar-refractivity contribution in [3.05, 3.63) is 58.1 Å². The minimum atomic E-state index is -0.273. The summed E-state index contributed by atoms with van der Waals surface area (Å²) in [7, 11) is 0. The molecule has 104 valence electrons. The Morgan fingerprint density at radius 1 is 1.10 bits per heavy atom. The van der Waals surface area contributed by atoms with Crippen molar-refractivity contribution in [2.24, 2.45) is 0 Å². The molecule has 0 aliphatic carbocycles. The first-order chi connectivity index (χ1) is 9.56. The van der Waals surface area contributed by atoms with Crippen molar-refractivity contribution in [1.29, 1.82) is 0 Å². The summed E-state index contributed by atoms with van der Waals surface area (Å²) in [4.78, 5) is 11.8. The van der Waals surface area contributed by atoms with Crippen LogP contribution in [0.25, 0.3) is 0 Å². The summed E-state index contributed by atoms with van der Waals surface area (Å²) < 4.78 is 5.35. The topological polar surface area (TPSA) is 38.3 Å². The fourth-order valence-corrected chi connectivity index (χ4v) is 2.10. The fraction of sp³-hybridized carbons (Fsp3) is 0.133. The number of hydrogen-bond donors (Lipinski definition) is 1. The molecular weight excluding hydrogens is 297 g/mol. The van der Waals surface area contributed by atoms with Crippen LogP contribution in [0.2, 0.25) is 10.0 Å². The van der Waals surface area contributed by atoms with E-state index < -0.39 is 0 Å². The Kier molecular flexibility index (Phi) is 4.88. The number of halogens is 2. The minimum absolute atomic E-state index is 0.155. The van der Waals surface area contributed by atoms with Crippen LogP contribution >= 0.6 is 23.2 Å². The number of benzene rings is 2. The van der Waals surface area contributed by atoms with Crippen molar-refractivity contribution in [1.82, 2.24) is 0 Å². The van der Waals surface area contributed by atoms with Gasteiger partial charge in [-0.2, -0.15) is 0 Å². The second-order valence-electron chi connectivity index (χ2n) is 4.25. The lowest BCUT2D eigenvalue weighted by Gasteiger charge is -2.10. The van der Waals surface area contributed by atoms with E-state index in [2.05, 4.69) is 5.32 Å². The molecule has 5 heteroatoms. The predicted molar refractivity (Wildman–Crippen MR) is 81.8 cm³/mol. The molecule has 0 aliphatic heterocycles. The van der Waals surface area contributed by atoms with E-state index in [0.29, 0.717) is 15.8 Å². The number of aryl methyl sites for hydroxylation is 1. The van der Waals surface area contributed by atoms with Gasteiger partial charge in [-0.1, -0.05) is 47.0 Å². The van der Waals surface area contributed by atoms with E-state index in [1.54, 1.807) is 18.2 Å². The Morgan fingerprint density at radius 3 is 2.30 bits per heavy atom. The van der Waals surface area contributed by atoms with Crippen LogP contribution in [-0.4, -0.2) is 12.5 Å². The van der Waals surface area contributed by atoms with Crippen molar-refractivity contribution >= 4 is 34.8 Å². The predicted octanol–water partition coefficient (Wildman–Crippen LogP) is 4.32. The van der Waals surface area contributed by atoms with Crippen molar-refractivity contribution in [3.63, 3.8) is 0 Å². The highest BCUT2D eigenvalue weighted by molar-refractivity contribution is 6.37. The van der Waals surface area contributed by atoms with Gasteiger partial charge in [0.25, 0.3) is 5.91 Å². The van der Waals surface area contributed by atoms with Gasteiger partial charge in [-0.3, -0.25) is 4.79 Å². The van der Waals surface area contributed by atoms with Crippen molar-refractivity contribution in [3.8, 4) is 5.75 Å². The second-order valence-corrected chi connectivity index (χ2v) is 5.07. The zero-order chi connectivity index (χ0) is 14.5. The Morgan fingerprint density at radius 2 is 1.70 bits per heavy atom. The van der Waals surface area contributed by atoms with Gasteiger partial charge >= 0.3 is 0 Å². The normalized spacial score (nSPS) is 10.2. The maximum atomic E-state index is 11.8. The number of rotatable bonds is 4. The van der Waals surface area contributed by atoms with Gasteiger partial charge in [0, 0.05) is 5.69 Å². The number of hydrogen-bond acceptors (Lipinski definition) is 2. The van der Waals surface area contributed by atoms with Crippen LogP contribution in [0.4, 0.5) is 5.69 Å². The summed E-state index contributed by atoms with van der Waals surface area (Å²) in [5, 5.41) is 3.48. The molecule has 0 spiro atoms. The number of ether oxygens (including phenoxy) is 1. The smallest absolute Gasteiger partial charge is 0.262 e. The SMILES string of the molecule is Cc1ccc(NC(=O)COc2c(Cl)cccc2Cl)cc1. The zero-order valence-electron chi connectivity index (χ0n) is 10.8. The van der Waals surface area contributed by atoms with E-state index in [-0.39, 0.29) is 12.5 Å². The van der Waals surface area contributed by atoms with Crippen LogP contribution in [0.1, 0.15) is 5.56 Å². The van der Waals surface area contributed by atoms with Crippen molar-refractivity contribution in [2.45, 2.75) is 6.92 Å². The third kappa shape index (κ3) is 3.89. The molecule has 0 saturated heterocycles. The Hall–Kier alpha value is -1.71. The van der Waals surface area contributed by atoms with Crippen LogP contribution in [0.15, 0.2) is 42.5 Å². The molecule has 0 fully saturated rings. The van der Waals surface area contributed by atoms with Gasteiger partial charge in [-0.25, -0.2) is 0 Å². The first kappa shape index (κ1) is 14.7. The summed E-state index contributed by atoms with van der Waals surface area (Å²) in [5.41, 5.74) is 1.84. The highest BCUT2D eigenvalue weighted by Crippen LogP contribution is 2.32. The lowest BCUT2D eigenvalue weighted by molar-refractivity contribution is -0.118. The molecule has 2 aromatic rings. The molecule has 0 bridgehead atoms. The molecule has 1 amide bonds. The van der Waals surface area contributed by atoms with E-state index in [1.165, 1.54) is 0 Å². The van der Waals surface area contributed by atoms with Crippen LogP contribution in [-0.2, 0) is 4.79 Å². The number of anilines is 1. The number of para-hydroxylation sites is 1. The molecule has 1 N–H and O–H groups in total. The molecule has 20 heavy (non-hydrogen) atoms. The molecule has 0 saturated carbocycles. The molecule has 2 aromatic carbocycles. The molecule has 0 heterocycles. The van der Waals surface area contributed by atoms with Crippen LogP contribution in [0, 0.1) is 6.92 Å². The molecular formula is C15H13Cl2NO2. The number of carbonyl (C=O) groups is 1. The third-order valence-electron chi connectivity index (χ3n) is 2.60. The van der Waals surface area contributed by atoms with Gasteiger partial charge in [0.2, 0.25) is 0 Å². The maximum absolute atomic E-state index is 11.8. The average Bonchev–Trinajstić information content (AvgIpc) is 2.41. The average molecular weight is 310 g/mol. The quantitative estimate of drug-likeness (QED) is 0.913. The maximum Gasteiger partial charge on any atom is 0.262 e. The summed E-state index contributed by atoms with van der Waals surface area (Å²) in [6.07, 6.45) is 0. The fourth-order valence-electron chi connectivity index (χ4n) is 1.59. The summed E-state index contributed by atoms with van der Waals surface area (Å²) in [5.74, 6) is 0.0414. The molecule has 0 aromatic heterocycles. The van der Waals surface area contributed by atoms with E-state index in [9.17, 15) is 4.79 Å². The van der Waals surface area contributed by atoms with Gasteiger partial charge in [-0.05, 0) is 31.2 Å². The van der Waals surface area contributed by atoms with Crippen LogP contribution < -0.4 is 10.1 Å². The number of amides is 1. The lowest BCUT2D eigenvalue weighted by atomic mass is 10.2. The number of nitrogens with one attached hydrogen (secondary N) is 1. The van der Waals surface area contributed by atoms with E-state index in [0.717, 1.165) is 11.3 Å². The molecule has 0 aliphatic rings. The molecule has 0 radical (unpaired) electrons. The zero-order valence-corrected chi connectivity index (χ0v) is 12.3. The highest BCUT2D eigenvalue weighted by atomic mass is 35.5. The molecule has 3 nitrogen and oxygen atoms in total. The molecule has 2 rings (SSSR count). The molecule has 0 atom stereocenters. The van der Waals surface area contributed by atoms with Crippen molar-refractivity contribution in [2.75, 3.05) is 11.9 Å². The van der Waals surface area contributed by atoms with Crippen LogP contribution in [0.3, 0.4) is 0 Å². The van der Waals surface area contributed by atoms with Crippen LogP contribution in [0.5, 0.6) is 5.75 Å². The molecule has 0 unspecified atom stereocenters. The Balaban J connectivity index is 1.94. The third-order valence-corrected chi connectivity index (χ3v) is 3.20.